The molecule has 3 heterocycles. The maximum absolute atomic E-state index is 12.6. The fourth-order valence-electron chi connectivity index (χ4n) is 5.17. The topological polar surface area (TPSA) is 60.4 Å². The Morgan fingerprint density at radius 1 is 1.19 bits per heavy atom. The molecule has 3 unspecified atom stereocenters. The molecule has 178 valence electrons. The molecule has 4 rings (SSSR count). The minimum atomic E-state index is 0. The van der Waals surface area contributed by atoms with E-state index < -0.39 is 0 Å². The predicted octanol–water partition coefficient (Wildman–Crippen LogP) is 2.56. The SMILES string of the molecule is CN=C(NCCC(=O)N1CCCCC1C)N1CC2OCCN(Cc3ccccc3)C2C1.I. The number of fused-ring (bicyclic) bond motifs is 1. The molecule has 0 aromatic heterocycles. The number of benzene rings is 1. The average Bonchev–Trinajstić information content (AvgIpc) is 3.23. The molecular weight excluding hydrogens is 517 g/mol. The number of nitrogens with one attached hydrogen (secondary N) is 1. The van der Waals surface area contributed by atoms with Crippen molar-refractivity contribution in [3.05, 3.63) is 35.9 Å². The van der Waals surface area contributed by atoms with Crippen LogP contribution in [-0.4, -0.2) is 91.1 Å². The Labute approximate surface area is 209 Å². The zero-order valence-electron chi connectivity index (χ0n) is 19.4. The molecule has 3 aliphatic heterocycles. The number of piperidine rings is 1. The molecule has 1 N–H and O–H groups in total. The molecule has 3 aliphatic rings. The van der Waals surface area contributed by atoms with Crippen LogP contribution in [0, 0.1) is 0 Å². The van der Waals surface area contributed by atoms with Gasteiger partial charge in [0, 0.05) is 58.8 Å². The fourth-order valence-corrected chi connectivity index (χ4v) is 5.17. The van der Waals surface area contributed by atoms with Gasteiger partial charge in [-0.3, -0.25) is 14.7 Å². The second-order valence-corrected chi connectivity index (χ2v) is 8.99. The molecule has 1 aromatic rings. The third-order valence-electron chi connectivity index (χ3n) is 6.90. The number of ether oxygens (including phenoxy) is 1. The van der Waals surface area contributed by atoms with Crippen LogP contribution in [0.15, 0.2) is 35.3 Å². The number of rotatable bonds is 5. The molecule has 0 spiro atoms. The standard InChI is InChI=1S/C24H37N5O2.HI/c1-19-8-6-7-13-29(19)23(30)11-12-26-24(25-2)28-17-21-22(18-28)31-15-14-27(21)16-20-9-4-3-5-10-20;/h3-5,9-10,19,21-22H,6-8,11-18H2,1-2H3,(H,25,26);1H. The lowest BCUT2D eigenvalue weighted by molar-refractivity contribution is -0.134. The lowest BCUT2D eigenvalue weighted by Crippen LogP contribution is -2.50. The Hall–Kier alpha value is -1.39. The zero-order valence-corrected chi connectivity index (χ0v) is 21.7. The number of carbonyl (C=O) groups is 1. The number of halogens is 1. The summed E-state index contributed by atoms with van der Waals surface area (Å²) in [4.78, 5) is 24.0. The number of nitrogens with zero attached hydrogens (tertiary/aromatic N) is 4. The maximum Gasteiger partial charge on any atom is 0.224 e. The normalized spacial score (nSPS) is 26.4. The van der Waals surface area contributed by atoms with E-state index in [0.29, 0.717) is 25.0 Å². The van der Waals surface area contributed by atoms with E-state index in [1.165, 1.54) is 12.0 Å². The second-order valence-electron chi connectivity index (χ2n) is 8.99. The summed E-state index contributed by atoms with van der Waals surface area (Å²) < 4.78 is 6.10. The monoisotopic (exact) mass is 555 g/mol. The van der Waals surface area contributed by atoms with Crippen molar-refractivity contribution in [1.82, 2.24) is 20.0 Å². The number of guanidine groups is 1. The Balaban J connectivity index is 0.00000289. The van der Waals surface area contributed by atoms with Crippen molar-refractivity contribution in [1.29, 1.82) is 0 Å². The number of hydrogen-bond donors (Lipinski definition) is 1. The van der Waals surface area contributed by atoms with Crippen LogP contribution in [0.5, 0.6) is 0 Å². The minimum Gasteiger partial charge on any atom is -0.373 e. The van der Waals surface area contributed by atoms with Gasteiger partial charge in [-0.1, -0.05) is 30.3 Å². The average molecular weight is 556 g/mol. The van der Waals surface area contributed by atoms with Gasteiger partial charge in [-0.25, -0.2) is 0 Å². The number of aliphatic imine (C=N–C) groups is 1. The van der Waals surface area contributed by atoms with Gasteiger partial charge >= 0.3 is 0 Å². The summed E-state index contributed by atoms with van der Waals surface area (Å²) in [6, 6.07) is 11.4. The van der Waals surface area contributed by atoms with E-state index in [1.807, 2.05) is 11.9 Å². The molecule has 7 nitrogen and oxygen atoms in total. The van der Waals surface area contributed by atoms with E-state index in [2.05, 4.69) is 57.4 Å². The molecule has 1 aromatic carbocycles. The van der Waals surface area contributed by atoms with Gasteiger partial charge in [0.1, 0.15) is 0 Å². The summed E-state index contributed by atoms with van der Waals surface area (Å²) in [5, 5.41) is 3.42. The van der Waals surface area contributed by atoms with Crippen LogP contribution in [0.4, 0.5) is 0 Å². The van der Waals surface area contributed by atoms with E-state index in [4.69, 9.17) is 4.74 Å². The van der Waals surface area contributed by atoms with Gasteiger partial charge in [-0.15, -0.1) is 24.0 Å². The van der Waals surface area contributed by atoms with Gasteiger partial charge < -0.3 is 19.9 Å². The lowest BCUT2D eigenvalue weighted by Gasteiger charge is -2.36. The molecule has 8 heteroatoms. The third-order valence-corrected chi connectivity index (χ3v) is 6.90. The number of likely N-dealkylation sites (tertiary alicyclic amines) is 2. The first kappa shape index (κ1) is 25.2. The molecule has 1 amide bonds. The Bertz CT molecular complexity index is 762. The van der Waals surface area contributed by atoms with E-state index in [9.17, 15) is 4.79 Å². The van der Waals surface area contributed by atoms with E-state index >= 15 is 0 Å². The molecule has 0 aliphatic carbocycles. The molecule has 0 radical (unpaired) electrons. The second kappa shape index (κ2) is 12.2. The Morgan fingerprint density at radius 3 is 2.75 bits per heavy atom. The van der Waals surface area contributed by atoms with Crippen LogP contribution >= 0.6 is 24.0 Å². The summed E-state index contributed by atoms with van der Waals surface area (Å²) in [7, 11) is 1.82. The third kappa shape index (κ3) is 6.14. The maximum atomic E-state index is 12.6. The van der Waals surface area contributed by atoms with Gasteiger partial charge in [-0.2, -0.15) is 0 Å². The zero-order chi connectivity index (χ0) is 21.6. The van der Waals surface area contributed by atoms with Crippen molar-refractivity contribution in [3.8, 4) is 0 Å². The first-order valence-electron chi connectivity index (χ1n) is 11.8. The van der Waals surface area contributed by atoms with Crippen molar-refractivity contribution in [2.45, 2.75) is 57.3 Å². The van der Waals surface area contributed by atoms with E-state index in [1.54, 1.807) is 0 Å². The van der Waals surface area contributed by atoms with Crippen molar-refractivity contribution >= 4 is 35.8 Å². The molecule has 0 saturated carbocycles. The molecule has 3 atom stereocenters. The van der Waals surface area contributed by atoms with Crippen LogP contribution in [0.2, 0.25) is 0 Å². The van der Waals surface area contributed by atoms with Gasteiger partial charge in [0.15, 0.2) is 5.96 Å². The summed E-state index contributed by atoms with van der Waals surface area (Å²) >= 11 is 0. The van der Waals surface area contributed by atoms with Crippen LogP contribution in [0.1, 0.15) is 38.2 Å². The molecule has 3 saturated heterocycles. The Morgan fingerprint density at radius 2 is 2.00 bits per heavy atom. The van der Waals surface area contributed by atoms with E-state index in [-0.39, 0.29) is 36.0 Å². The van der Waals surface area contributed by atoms with Crippen LogP contribution in [-0.2, 0) is 16.1 Å². The van der Waals surface area contributed by atoms with Crippen molar-refractivity contribution in [2.75, 3.05) is 46.4 Å². The van der Waals surface area contributed by atoms with Crippen molar-refractivity contribution in [2.24, 2.45) is 4.99 Å². The largest absolute Gasteiger partial charge is 0.373 e. The van der Waals surface area contributed by atoms with Crippen LogP contribution in [0.25, 0.3) is 0 Å². The summed E-state index contributed by atoms with van der Waals surface area (Å²) in [5.74, 6) is 1.12. The number of hydrogen-bond acceptors (Lipinski definition) is 4. The van der Waals surface area contributed by atoms with Crippen LogP contribution in [0.3, 0.4) is 0 Å². The highest BCUT2D eigenvalue weighted by molar-refractivity contribution is 14.0. The first-order chi connectivity index (χ1) is 15.2. The van der Waals surface area contributed by atoms with Gasteiger partial charge in [0.05, 0.1) is 18.8 Å². The highest BCUT2D eigenvalue weighted by Crippen LogP contribution is 2.24. The predicted molar refractivity (Wildman–Crippen MR) is 138 cm³/mol. The summed E-state index contributed by atoms with van der Waals surface area (Å²) in [6.45, 7) is 8.11. The van der Waals surface area contributed by atoms with Gasteiger partial charge in [0.2, 0.25) is 5.91 Å². The number of carbonyl (C=O) groups excluding carboxylic acids is 1. The summed E-state index contributed by atoms with van der Waals surface area (Å²) in [5.41, 5.74) is 1.34. The molecule has 3 fully saturated rings. The molecule has 32 heavy (non-hydrogen) atoms. The lowest BCUT2D eigenvalue weighted by atomic mass is 10.0. The highest BCUT2D eigenvalue weighted by atomic mass is 127. The fraction of sp³-hybridized carbons (Fsp3) is 0.667. The van der Waals surface area contributed by atoms with Gasteiger partial charge in [0.25, 0.3) is 0 Å². The number of morpholine rings is 1. The molecular formula is C24H38IN5O2. The van der Waals surface area contributed by atoms with Crippen molar-refractivity contribution < 1.29 is 9.53 Å². The van der Waals surface area contributed by atoms with Crippen molar-refractivity contribution in [3.63, 3.8) is 0 Å². The molecule has 0 bridgehead atoms. The van der Waals surface area contributed by atoms with Crippen LogP contribution < -0.4 is 5.32 Å². The van der Waals surface area contributed by atoms with Gasteiger partial charge in [-0.05, 0) is 31.7 Å². The summed E-state index contributed by atoms with van der Waals surface area (Å²) in [6.07, 6.45) is 4.20. The first-order valence-corrected chi connectivity index (χ1v) is 11.8. The van der Waals surface area contributed by atoms with E-state index in [0.717, 1.165) is 58.1 Å². The highest BCUT2D eigenvalue weighted by Gasteiger charge is 2.41. The Kier molecular flexibility index (Phi) is 9.61. The quantitative estimate of drug-likeness (QED) is 0.344. The smallest absolute Gasteiger partial charge is 0.224 e. The number of amides is 1. The minimum absolute atomic E-state index is 0.